The fraction of sp³-hybridized carbons (Fsp3) is 0.250. The fourth-order valence-electron chi connectivity index (χ4n) is 3.43. The number of methoxy groups -OCH3 is 2. The standard InChI is InChI=1S/C20H20N2O5/c1-4-11-21-19(13-5-8-15(9-6-13)22(24)25)18(20(21)23)14-7-10-16(26-2)17(12-14)27-3/h4-10,12,18-19H,1,11H2,2-3H3/t18-,19-/m0/s1. The third-order valence-corrected chi connectivity index (χ3v) is 4.74. The van der Waals surface area contributed by atoms with Crippen LogP contribution in [0.3, 0.4) is 0 Å². The highest BCUT2D eigenvalue weighted by Crippen LogP contribution is 2.48. The van der Waals surface area contributed by atoms with Crippen LogP contribution in [0.2, 0.25) is 0 Å². The number of likely N-dealkylation sites (tertiary alicyclic amines) is 1. The first kappa shape index (κ1) is 18.4. The summed E-state index contributed by atoms with van der Waals surface area (Å²) in [6, 6.07) is 11.5. The van der Waals surface area contributed by atoms with Crippen LogP contribution in [0.5, 0.6) is 11.5 Å². The van der Waals surface area contributed by atoms with E-state index in [-0.39, 0.29) is 17.6 Å². The Bertz CT molecular complexity index is 878. The zero-order valence-electron chi connectivity index (χ0n) is 15.1. The van der Waals surface area contributed by atoms with Gasteiger partial charge in [0, 0.05) is 18.7 Å². The maximum atomic E-state index is 12.8. The third-order valence-electron chi connectivity index (χ3n) is 4.74. The van der Waals surface area contributed by atoms with Crippen LogP contribution in [0.4, 0.5) is 5.69 Å². The fourth-order valence-corrected chi connectivity index (χ4v) is 3.43. The Kier molecular flexibility index (Phi) is 5.12. The van der Waals surface area contributed by atoms with Gasteiger partial charge in [-0.2, -0.15) is 0 Å². The summed E-state index contributed by atoms with van der Waals surface area (Å²) >= 11 is 0. The lowest BCUT2D eigenvalue weighted by molar-refractivity contribution is -0.384. The van der Waals surface area contributed by atoms with Crippen molar-refractivity contribution in [3.8, 4) is 11.5 Å². The third kappa shape index (κ3) is 3.23. The molecule has 0 saturated carbocycles. The normalized spacial score (nSPS) is 18.6. The van der Waals surface area contributed by atoms with E-state index in [2.05, 4.69) is 6.58 Å². The van der Waals surface area contributed by atoms with Gasteiger partial charge in [-0.3, -0.25) is 14.9 Å². The van der Waals surface area contributed by atoms with Crippen LogP contribution in [0.1, 0.15) is 23.1 Å². The molecule has 1 heterocycles. The topological polar surface area (TPSA) is 81.9 Å². The second-order valence-electron chi connectivity index (χ2n) is 6.16. The molecule has 7 nitrogen and oxygen atoms in total. The molecule has 1 fully saturated rings. The van der Waals surface area contributed by atoms with Crippen molar-refractivity contribution in [2.45, 2.75) is 12.0 Å². The number of nitro benzene ring substituents is 1. The molecule has 1 saturated heterocycles. The Morgan fingerprint density at radius 1 is 1.11 bits per heavy atom. The van der Waals surface area contributed by atoms with Gasteiger partial charge < -0.3 is 14.4 Å². The summed E-state index contributed by atoms with van der Waals surface area (Å²) in [7, 11) is 3.10. The summed E-state index contributed by atoms with van der Waals surface area (Å²) < 4.78 is 10.6. The minimum absolute atomic E-state index is 0.0161. The molecule has 0 aromatic heterocycles. The van der Waals surface area contributed by atoms with E-state index >= 15 is 0 Å². The molecule has 0 spiro atoms. The first-order chi connectivity index (χ1) is 13.0. The zero-order valence-corrected chi connectivity index (χ0v) is 15.1. The second kappa shape index (κ2) is 7.49. The Hall–Kier alpha value is -3.35. The lowest BCUT2D eigenvalue weighted by atomic mass is 9.77. The zero-order chi connectivity index (χ0) is 19.6. The molecule has 7 heteroatoms. The lowest BCUT2D eigenvalue weighted by Gasteiger charge is -2.47. The molecule has 0 bridgehead atoms. The molecule has 1 aliphatic rings. The highest BCUT2D eigenvalue weighted by Gasteiger charge is 2.48. The molecule has 0 N–H and O–H groups in total. The van der Waals surface area contributed by atoms with Gasteiger partial charge in [-0.05, 0) is 23.3 Å². The number of β-lactam (4-membered cyclic amide) rings is 1. The van der Waals surface area contributed by atoms with Crippen LogP contribution >= 0.6 is 0 Å². The molecular weight excluding hydrogens is 348 g/mol. The van der Waals surface area contributed by atoms with Crippen LogP contribution in [0.25, 0.3) is 0 Å². The average molecular weight is 368 g/mol. The summed E-state index contributed by atoms with van der Waals surface area (Å²) in [6.07, 6.45) is 1.67. The number of non-ortho nitro benzene ring substituents is 1. The predicted molar refractivity (Wildman–Crippen MR) is 100 cm³/mol. The average Bonchev–Trinajstić information content (AvgIpc) is 2.69. The van der Waals surface area contributed by atoms with Crippen molar-refractivity contribution in [2.24, 2.45) is 0 Å². The number of benzene rings is 2. The number of carbonyl (C=O) groups excluding carboxylic acids is 1. The number of carbonyl (C=O) groups is 1. The van der Waals surface area contributed by atoms with Crippen LogP contribution < -0.4 is 9.47 Å². The number of hydrogen-bond acceptors (Lipinski definition) is 5. The largest absolute Gasteiger partial charge is 0.493 e. The first-order valence-corrected chi connectivity index (χ1v) is 8.39. The Morgan fingerprint density at radius 2 is 1.74 bits per heavy atom. The minimum atomic E-state index is -0.441. The van der Waals surface area contributed by atoms with E-state index in [1.165, 1.54) is 12.1 Å². The van der Waals surface area contributed by atoms with Crippen molar-refractivity contribution in [1.29, 1.82) is 0 Å². The second-order valence-corrected chi connectivity index (χ2v) is 6.16. The molecule has 0 unspecified atom stereocenters. The lowest BCUT2D eigenvalue weighted by Crippen LogP contribution is -2.53. The summed E-state index contributed by atoms with van der Waals surface area (Å²) in [6.45, 7) is 4.12. The molecule has 2 atom stereocenters. The molecule has 27 heavy (non-hydrogen) atoms. The quantitative estimate of drug-likeness (QED) is 0.323. The van der Waals surface area contributed by atoms with Crippen LogP contribution in [0.15, 0.2) is 55.1 Å². The van der Waals surface area contributed by atoms with Crippen molar-refractivity contribution in [1.82, 2.24) is 4.90 Å². The maximum absolute atomic E-state index is 12.8. The Morgan fingerprint density at radius 3 is 2.30 bits per heavy atom. The number of nitro groups is 1. The van der Waals surface area contributed by atoms with E-state index in [1.807, 2.05) is 6.07 Å². The van der Waals surface area contributed by atoms with Crippen molar-refractivity contribution < 1.29 is 19.2 Å². The summed E-state index contributed by atoms with van der Waals surface area (Å²) in [4.78, 5) is 24.9. The highest BCUT2D eigenvalue weighted by atomic mass is 16.6. The van der Waals surface area contributed by atoms with Gasteiger partial charge in [0.15, 0.2) is 11.5 Å². The number of nitrogens with zero attached hydrogens (tertiary/aromatic N) is 2. The van der Waals surface area contributed by atoms with Gasteiger partial charge in [0.25, 0.3) is 5.69 Å². The molecule has 1 amide bonds. The summed E-state index contributed by atoms with van der Waals surface area (Å²) in [5.41, 5.74) is 1.66. The van der Waals surface area contributed by atoms with Gasteiger partial charge in [-0.1, -0.05) is 24.3 Å². The molecule has 140 valence electrons. The van der Waals surface area contributed by atoms with E-state index in [1.54, 1.807) is 49.5 Å². The van der Waals surface area contributed by atoms with Gasteiger partial charge >= 0.3 is 0 Å². The number of amides is 1. The molecular formula is C20H20N2O5. The van der Waals surface area contributed by atoms with Gasteiger partial charge in [0.1, 0.15) is 0 Å². The van der Waals surface area contributed by atoms with Crippen molar-refractivity contribution in [3.63, 3.8) is 0 Å². The minimum Gasteiger partial charge on any atom is -0.493 e. The Balaban J connectivity index is 1.99. The SMILES string of the molecule is C=CCN1C(=O)[C@@H](c2ccc(OC)c(OC)c2)[C@@H]1c1ccc([N+](=O)[O-])cc1. The summed E-state index contributed by atoms with van der Waals surface area (Å²) in [5, 5.41) is 10.9. The van der Waals surface area contributed by atoms with Crippen molar-refractivity contribution in [2.75, 3.05) is 20.8 Å². The molecule has 2 aromatic rings. The van der Waals surface area contributed by atoms with E-state index in [0.717, 1.165) is 11.1 Å². The van der Waals surface area contributed by atoms with Crippen LogP contribution in [-0.2, 0) is 4.79 Å². The van der Waals surface area contributed by atoms with Crippen LogP contribution in [-0.4, -0.2) is 36.5 Å². The maximum Gasteiger partial charge on any atom is 0.269 e. The summed E-state index contributed by atoms with van der Waals surface area (Å²) in [5.74, 6) is 0.715. The predicted octanol–water partition coefficient (Wildman–Crippen LogP) is 3.47. The smallest absolute Gasteiger partial charge is 0.269 e. The van der Waals surface area contributed by atoms with Gasteiger partial charge in [0.2, 0.25) is 5.91 Å². The van der Waals surface area contributed by atoms with Gasteiger partial charge in [0.05, 0.1) is 31.1 Å². The van der Waals surface area contributed by atoms with Crippen LogP contribution in [0, 0.1) is 10.1 Å². The van der Waals surface area contributed by atoms with E-state index in [0.29, 0.717) is 18.0 Å². The monoisotopic (exact) mass is 368 g/mol. The first-order valence-electron chi connectivity index (χ1n) is 8.39. The van der Waals surface area contributed by atoms with Crippen molar-refractivity contribution in [3.05, 3.63) is 76.4 Å². The van der Waals surface area contributed by atoms with E-state index in [9.17, 15) is 14.9 Å². The van der Waals surface area contributed by atoms with Gasteiger partial charge in [-0.15, -0.1) is 6.58 Å². The van der Waals surface area contributed by atoms with Gasteiger partial charge in [-0.25, -0.2) is 0 Å². The number of hydrogen-bond donors (Lipinski definition) is 0. The molecule has 1 aliphatic heterocycles. The van der Waals surface area contributed by atoms with E-state index in [4.69, 9.17) is 9.47 Å². The number of rotatable bonds is 7. The Labute approximate surface area is 157 Å². The molecule has 2 aromatic carbocycles. The van der Waals surface area contributed by atoms with E-state index < -0.39 is 10.8 Å². The highest BCUT2D eigenvalue weighted by molar-refractivity contribution is 5.92. The number of ether oxygens (including phenoxy) is 2. The molecule has 3 rings (SSSR count). The van der Waals surface area contributed by atoms with Crippen molar-refractivity contribution >= 4 is 11.6 Å². The molecule has 0 radical (unpaired) electrons. The molecule has 0 aliphatic carbocycles.